The van der Waals surface area contributed by atoms with Crippen molar-refractivity contribution in [1.82, 2.24) is 10.2 Å². The smallest absolute Gasteiger partial charge is 0.407 e. The van der Waals surface area contributed by atoms with Gasteiger partial charge in [0.05, 0.1) is 27.2 Å². The second-order valence-electron chi connectivity index (χ2n) is 11.8. The lowest BCUT2D eigenvalue weighted by Gasteiger charge is -2.33. The molecule has 0 radical (unpaired) electrons. The van der Waals surface area contributed by atoms with E-state index in [0.717, 1.165) is 27.2 Å². The van der Waals surface area contributed by atoms with Crippen LogP contribution < -0.4 is 14.8 Å². The van der Waals surface area contributed by atoms with E-state index in [-0.39, 0.29) is 38.0 Å². The maximum absolute atomic E-state index is 14.3. The Bertz CT molecular complexity index is 1590. The van der Waals surface area contributed by atoms with Gasteiger partial charge in [-0.3, -0.25) is 9.59 Å². The summed E-state index contributed by atoms with van der Waals surface area (Å²) in [5.74, 6) is -2.30. The minimum absolute atomic E-state index is 0.0282. The van der Waals surface area contributed by atoms with E-state index in [9.17, 15) is 24.3 Å². The van der Waals surface area contributed by atoms with Gasteiger partial charge in [-0.1, -0.05) is 75.0 Å². The van der Waals surface area contributed by atoms with Crippen molar-refractivity contribution in [3.05, 3.63) is 96.1 Å². The third kappa shape index (κ3) is 8.52. The Morgan fingerprint density at radius 1 is 0.938 bits per heavy atom. The normalized spacial score (nSPS) is 13.0. The zero-order valence-corrected chi connectivity index (χ0v) is 27.6. The molecule has 0 saturated heterocycles. The molecule has 4 rings (SSSR count). The van der Waals surface area contributed by atoms with Crippen LogP contribution in [0.5, 0.6) is 11.5 Å². The Balaban J connectivity index is 1.62. The van der Waals surface area contributed by atoms with E-state index in [2.05, 4.69) is 11.9 Å². The summed E-state index contributed by atoms with van der Waals surface area (Å²) < 4.78 is 21.6. The van der Waals surface area contributed by atoms with Crippen LogP contribution in [0, 0.1) is 5.92 Å². The van der Waals surface area contributed by atoms with E-state index in [1.807, 2.05) is 62.4 Å². The molecule has 2 N–H and O–H groups in total. The summed E-state index contributed by atoms with van der Waals surface area (Å²) in [5.41, 5.74) is 4.61. The molecule has 0 spiro atoms. The van der Waals surface area contributed by atoms with Crippen LogP contribution in [-0.4, -0.2) is 73.5 Å². The predicted molar refractivity (Wildman–Crippen MR) is 179 cm³/mol. The molecule has 3 aromatic rings. The van der Waals surface area contributed by atoms with E-state index in [1.165, 1.54) is 20.3 Å². The molecule has 2 atom stereocenters. The number of fused-ring (bicyclic) bond motifs is 3. The quantitative estimate of drug-likeness (QED) is 0.150. The van der Waals surface area contributed by atoms with Gasteiger partial charge in [-0.25, -0.2) is 9.59 Å². The number of benzene rings is 3. The van der Waals surface area contributed by atoms with E-state index in [0.29, 0.717) is 17.1 Å². The van der Waals surface area contributed by atoms with Crippen LogP contribution in [0.15, 0.2) is 79.4 Å². The fourth-order valence-electron chi connectivity index (χ4n) is 5.88. The molecule has 3 aromatic carbocycles. The fourth-order valence-corrected chi connectivity index (χ4v) is 5.88. The lowest BCUT2D eigenvalue weighted by atomic mass is 9.98. The highest BCUT2D eigenvalue weighted by Crippen LogP contribution is 2.44. The third-order valence-electron chi connectivity index (χ3n) is 8.14. The second kappa shape index (κ2) is 16.5. The van der Waals surface area contributed by atoms with Crippen molar-refractivity contribution >= 4 is 23.9 Å². The average molecular weight is 659 g/mol. The molecule has 0 unspecified atom stereocenters. The summed E-state index contributed by atoms with van der Waals surface area (Å²) in [7, 11) is 2.95. The molecule has 1 aliphatic carbocycles. The largest absolute Gasteiger partial charge is 0.497 e. The van der Waals surface area contributed by atoms with Crippen LogP contribution >= 0.6 is 0 Å². The zero-order valence-electron chi connectivity index (χ0n) is 27.6. The van der Waals surface area contributed by atoms with Crippen LogP contribution in [0.2, 0.25) is 0 Å². The van der Waals surface area contributed by atoms with E-state index in [4.69, 9.17) is 18.9 Å². The first-order valence-electron chi connectivity index (χ1n) is 15.7. The first kappa shape index (κ1) is 35.5. The van der Waals surface area contributed by atoms with Gasteiger partial charge in [0.1, 0.15) is 36.8 Å². The van der Waals surface area contributed by atoms with Crippen LogP contribution in [0.1, 0.15) is 49.3 Å². The predicted octanol–water partition coefficient (Wildman–Crippen LogP) is 5.56. The summed E-state index contributed by atoms with van der Waals surface area (Å²) in [4.78, 5) is 54.2. The molecule has 0 saturated carbocycles. The number of ether oxygens (including phenoxy) is 4. The molecule has 11 nitrogen and oxygen atoms in total. The van der Waals surface area contributed by atoms with Gasteiger partial charge in [-0.05, 0) is 46.7 Å². The molecule has 0 fully saturated rings. The number of amides is 2. The number of carbonyl (C=O) groups is 4. The Labute approximate surface area is 280 Å². The molecular formula is C37H42N2O9. The molecule has 48 heavy (non-hydrogen) atoms. The van der Waals surface area contributed by atoms with Gasteiger partial charge in [-0.15, -0.1) is 0 Å². The maximum Gasteiger partial charge on any atom is 0.407 e. The Morgan fingerprint density at radius 3 is 2.15 bits per heavy atom. The van der Waals surface area contributed by atoms with Gasteiger partial charge >= 0.3 is 18.0 Å². The Morgan fingerprint density at radius 2 is 1.58 bits per heavy atom. The number of rotatable bonds is 16. The van der Waals surface area contributed by atoms with Crippen LogP contribution in [0.4, 0.5) is 4.79 Å². The van der Waals surface area contributed by atoms with E-state index < -0.39 is 42.4 Å². The summed E-state index contributed by atoms with van der Waals surface area (Å²) >= 11 is 0. The van der Waals surface area contributed by atoms with Gasteiger partial charge in [0, 0.05) is 17.5 Å². The van der Waals surface area contributed by atoms with Crippen molar-refractivity contribution in [2.75, 3.05) is 27.4 Å². The number of esters is 1. The van der Waals surface area contributed by atoms with Gasteiger partial charge in [0.2, 0.25) is 5.91 Å². The minimum atomic E-state index is -1.50. The molecule has 0 bridgehead atoms. The van der Waals surface area contributed by atoms with Crippen molar-refractivity contribution in [3.8, 4) is 22.6 Å². The number of methoxy groups -OCH3 is 2. The van der Waals surface area contributed by atoms with E-state index in [1.54, 1.807) is 18.2 Å². The highest BCUT2D eigenvalue weighted by atomic mass is 16.6. The molecule has 0 aliphatic heterocycles. The molecule has 254 valence electrons. The molecular weight excluding hydrogens is 616 g/mol. The van der Waals surface area contributed by atoms with Crippen molar-refractivity contribution in [3.63, 3.8) is 0 Å². The SMILES string of the molecule is C=CCOC(=O)C[C@H](NC(=O)OCC1c2ccccc2-c2ccccc21)C(=O)N(Cc1ccc(OC)cc1OC)[C@@H](CC(C)C)C(=O)O. The number of nitrogens with one attached hydrogen (secondary N) is 1. The number of carbonyl (C=O) groups excluding carboxylic acids is 3. The number of nitrogens with zero attached hydrogens (tertiary/aromatic N) is 1. The first-order chi connectivity index (χ1) is 23.1. The molecule has 11 heteroatoms. The van der Waals surface area contributed by atoms with Crippen molar-refractivity contribution < 1.29 is 43.2 Å². The summed E-state index contributed by atoms with van der Waals surface area (Å²) in [6, 6.07) is 17.9. The number of hydrogen-bond donors (Lipinski definition) is 2. The van der Waals surface area contributed by atoms with Gasteiger partial charge in [-0.2, -0.15) is 0 Å². The second-order valence-corrected chi connectivity index (χ2v) is 11.8. The third-order valence-corrected chi connectivity index (χ3v) is 8.14. The molecule has 2 amide bonds. The first-order valence-corrected chi connectivity index (χ1v) is 15.7. The summed E-state index contributed by atoms with van der Waals surface area (Å²) in [5, 5.41) is 12.8. The zero-order chi connectivity index (χ0) is 34.8. The van der Waals surface area contributed by atoms with Gasteiger partial charge in [0.15, 0.2) is 0 Å². The summed E-state index contributed by atoms with van der Waals surface area (Å²) in [6.07, 6.45) is -0.0253. The van der Waals surface area contributed by atoms with Crippen LogP contribution in [0.3, 0.4) is 0 Å². The topological polar surface area (TPSA) is 141 Å². The summed E-state index contributed by atoms with van der Waals surface area (Å²) in [6.45, 7) is 6.88. The van der Waals surface area contributed by atoms with E-state index >= 15 is 0 Å². The highest BCUT2D eigenvalue weighted by molar-refractivity contribution is 5.92. The molecule has 0 aromatic heterocycles. The van der Waals surface area contributed by atoms with Crippen LogP contribution in [0.25, 0.3) is 11.1 Å². The standard InChI is InChI=1S/C37H42N2O9/c1-6-17-47-34(40)20-31(38-37(44)48-22-30-28-13-9-7-11-26(28)27-12-8-10-14-29(27)30)35(41)39(32(36(42)43)18-23(2)3)21-24-15-16-25(45-4)19-33(24)46-5/h6-16,19,23,30-32H,1,17-18,20-22H2,2-5H3,(H,38,44)(H,42,43)/t31-,32-/m0/s1. The number of alkyl carbamates (subject to hydrolysis) is 1. The van der Waals surface area contributed by atoms with Crippen molar-refractivity contribution in [2.45, 2.75) is 51.2 Å². The maximum atomic E-state index is 14.3. The Hall–Kier alpha value is -5.32. The Kier molecular flexibility index (Phi) is 12.2. The monoisotopic (exact) mass is 658 g/mol. The number of aliphatic carboxylic acids is 1. The van der Waals surface area contributed by atoms with Crippen molar-refractivity contribution in [2.24, 2.45) is 5.92 Å². The minimum Gasteiger partial charge on any atom is -0.497 e. The number of carboxylic acids is 1. The molecule has 0 heterocycles. The number of carboxylic acid groups (broad SMARTS) is 1. The van der Waals surface area contributed by atoms with Gasteiger partial charge in [0.25, 0.3) is 0 Å². The number of hydrogen-bond acceptors (Lipinski definition) is 8. The van der Waals surface area contributed by atoms with Crippen molar-refractivity contribution in [1.29, 1.82) is 0 Å². The lowest BCUT2D eigenvalue weighted by Crippen LogP contribution is -2.54. The van der Waals surface area contributed by atoms with Gasteiger partial charge < -0.3 is 34.3 Å². The highest BCUT2D eigenvalue weighted by Gasteiger charge is 2.37. The van der Waals surface area contributed by atoms with Crippen LogP contribution in [-0.2, 0) is 30.4 Å². The molecule has 1 aliphatic rings. The lowest BCUT2D eigenvalue weighted by molar-refractivity contribution is -0.154. The average Bonchev–Trinajstić information content (AvgIpc) is 3.40. The fraction of sp³-hybridized carbons (Fsp3) is 0.351.